The summed E-state index contributed by atoms with van der Waals surface area (Å²) in [7, 11) is 0. The Morgan fingerprint density at radius 2 is 1.69 bits per heavy atom. The fraction of sp³-hybridized carbons (Fsp3) is 0.185. The van der Waals surface area contributed by atoms with E-state index in [1.807, 2.05) is 71.3 Å². The number of hydrazone groups is 1. The average Bonchev–Trinajstić information content (AvgIpc) is 3.27. The molecular formula is C27H26BrN5OS. The molecule has 4 rings (SSSR count). The fourth-order valence-corrected chi connectivity index (χ4v) is 4.38. The van der Waals surface area contributed by atoms with E-state index < -0.39 is 0 Å². The predicted octanol–water partition coefficient (Wildman–Crippen LogP) is 6.24. The standard InChI is InChI=1S/C27H26BrN5OS/c1-27(2,3)21-11-9-19(10-12-21)17-29-30-24(34)18-35-26-32-31-25(20-7-5-4-6-8-20)33(26)23-15-13-22(28)14-16-23/h4-17H,18H2,1-3H3,(H,30,34). The number of benzene rings is 3. The summed E-state index contributed by atoms with van der Waals surface area (Å²) in [5.74, 6) is 0.653. The Morgan fingerprint density at radius 3 is 2.34 bits per heavy atom. The van der Waals surface area contributed by atoms with Crippen LogP contribution in [0.15, 0.2) is 93.6 Å². The summed E-state index contributed by atoms with van der Waals surface area (Å²) >= 11 is 4.79. The van der Waals surface area contributed by atoms with Crippen LogP contribution in [0.4, 0.5) is 0 Å². The number of aromatic nitrogens is 3. The lowest BCUT2D eigenvalue weighted by molar-refractivity contribution is -0.118. The Hall–Kier alpha value is -3.23. The van der Waals surface area contributed by atoms with Gasteiger partial charge in [0.2, 0.25) is 0 Å². The molecule has 0 bridgehead atoms. The molecule has 0 unspecified atom stereocenters. The van der Waals surface area contributed by atoms with Crippen molar-refractivity contribution in [1.29, 1.82) is 0 Å². The largest absolute Gasteiger partial charge is 0.272 e. The van der Waals surface area contributed by atoms with Crippen LogP contribution in [-0.2, 0) is 10.2 Å². The summed E-state index contributed by atoms with van der Waals surface area (Å²) in [5.41, 5.74) is 6.73. The predicted molar refractivity (Wildman–Crippen MR) is 146 cm³/mol. The second kappa shape index (κ2) is 11.0. The highest BCUT2D eigenvalue weighted by atomic mass is 79.9. The molecular weight excluding hydrogens is 522 g/mol. The minimum atomic E-state index is -0.218. The molecule has 178 valence electrons. The van der Waals surface area contributed by atoms with Gasteiger partial charge in [0, 0.05) is 15.7 Å². The SMILES string of the molecule is CC(C)(C)c1ccc(C=NNC(=O)CSc2nnc(-c3ccccc3)n2-c2ccc(Br)cc2)cc1. The van der Waals surface area contributed by atoms with Crippen molar-refractivity contribution in [2.75, 3.05) is 5.75 Å². The lowest BCUT2D eigenvalue weighted by atomic mass is 9.87. The van der Waals surface area contributed by atoms with E-state index in [1.165, 1.54) is 17.3 Å². The molecule has 0 aliphatic rings. The molecule has 8 heteroatoms. The number of nitrogens with zero attached hydrogens (tertiary/aromatic N) is 4. The molecule has 1 heterocycles. The summed E-state index contributed by atoms with van der Waals surface area (Å²) in [4.78, 5) is 12.5. The quantitative estimate of drug-likeness (QED) is 0.169. The number of hydrogen-bond donors (Lipinski definition) is 1. The van der Waals surface area contributed by atoms with Crippen molar-refractivity contribution < 1.29 is 4.79 Å². The topological polar surface area (TPSA) is 72.2 Å². The first-order valence-electron chi connectivity index (χ1n) is 11.1. The van der Waals surface area contributed by atoms with Crippen LogP contribution in [0.5, 0.6) is 0 Å². The van der Waals surface area contributed by atoms with Gasteiger partial charge in [-0.1, -0.05) is 103 Å². The summed E-state index contributed by atoms with van der Waals surface area (Å²) in [6.07, 6.45) is 1.65. The zero-order chi connectivity index (χ0) is 24.8. The van der Waals surface area contributed by atoms with Gasteiger partial charge in [0.05, 0.1) is 12.0 Å². The van der Waals surface area contributed by atoms with Crippen molar-refractivity contribution >= 4 is 39.8 Å². The van der Waals surface area contributed by atoms with Gasteiger partial charge < -0.3 is 0 Å². The van der Waals surface area contributed by atoms with Crippen molar-refractivity contribution in [3.8, 4) is 17.1 Å². The number of thioether (sulfide) groups is 1. The Balaban J connectivity index is 1.44. The Labute approximate surface area is 218 Å². The Morgan fingerprint density at radius 1 is 1.00 bits per heavy atom. The molecule has 35 heavy (non-hydrogen) atoms. The van der Waals surface area contributed by atoms with Crippen LogP contribution in [0.2, 0.25) is 0 Å². The number of rotatable bonds is 7. The molecule has 0 saturated carbocycles. The van der Waals surface area contributed by atoms with Crippen molar-refractivity contribution in [1.82, 2.24) is 20.2 Å². The first-order valence-corrected chi connectivity index (χ1v) is 12.9. The van der Waals surface area contributed by atoms with E-state index in [0.29, 0.717) is 11.0 Å². The lowest BCUT2D eigenvalue weighted by Gasteiger charge is -2.18. The van der Waals surface area contributed by atoms with E-state index >= 15 is 0 Å². The van der Waals surface area contributed by atoms with Gasteiger partial charge >= 0.3 is 0 Å². The van der Waals surface area contributed by atoms with E-state index in [0.717, 1.165) is 21.3 Å². The first kappa shape index (κ1) is 24.9. The number of hydrogen-bond acceptors (Lipinski definition) is 5. The average molecular weight is 549 g/mol. The van der Waals surface area contributed by atoms with Crippen LogP contribution in [-0.4, -0.2) is 32.6 Å². The smallest absolute Gasteiger partial charge is 0.250 e. The van der Waals surface area contributed by atoms with Gasteiger partial charge in [-0.2, -0.15) is 5.10 Å². The third kappa shape index (κ3) is 6.46. The molecule has 0 radical (unpaired) electrons. The van der Waals surface area contributed by atoms with E-state index in [9.17, 15) is 4.79 Å². The zero-order valence-corrected chi connectivity index (χ0v) is 22.2. The molecule has 4 aromatic rings. The van der Waals surface area contributed by atoms with Crippen molar-refractivity contribution in [3.05, 3.63) is 94.5 Å². The third-order valence-corrected chi connectivity index (χ3v) is 6.72. The van der Waals surface area contributed by atoms with Gasteiger partial charge in [-0.05, 0) is 40.8 Å². The van der Waals surface area contributed by atoms with Gasteiger partial charge in [0.15, 0.2) is 11.0 Å². The highest BCUT2D eigenvalue weighted by Gasteiger charge is 2.17. The molecule has 1 N–H and O–H groups in total. The van der Waals surface area contributed by atoms with E-state index in [4.69, 9.17) is 0 Å². The van der Waals surface area contributed by atoms with Crippen LogP contribution in [0.1, 0.15) is 31.9 Å². The van der Waals surface area contributed by atoms with Gasteiger partial charge in [-0.3, -0.25) is 9.36 Å². The van der Waals surface area contributed by atoms with Crippen molar-refractivity contribution in [2.24, 2.45) is 5.10 Å². The normalized spacial score (nSPS) is 11.7. The van der Waals surface area contributed by atoms with Crippen LogP contribution < -0.4 is 5.43 Å². The highest BCUT2D eigenvalue weighted by molar-refractivity contribution is 9.10. The summed E-state index contributed by atoms with van der Waals surface area (Å²) < 4.78 is 2.94. The molecule has 3 aromatic carbocycles. The third-order valence-electron chi connectivity index (χ3n) is 5.26. The maximum Gasteiger partial charge on any atom is 0.250 e. The summed E-state index contributed by atoms with van der Waals surface area (Å²) in [6, 6.07) is 25.9. The van der Waals surface area contributed by atoms with Gasteiger partial charge in [0.25, 0.3) is 5.91 Å². The minimum absolute atomic E-state index is 0.0955. The van der Waals surface area contributed by atoms with Gasteiger partial charge in [0.1, 0.15) is 0 Å². The first-order chi connectivity index (χ1) is 16.8. The molecule has 1 aromatic heterocycles. The molecule has 0 atom stereocenters. The second-order valence-electron chi connectivity index (χ2n) is 8.94. The molecule has 0 fully saturated rings. The van der Waals surface area contributed by atoms with Crippen molar-refractivity contribution in [3.63, 3.8) is 0 Å². The zero-order valence-electron chi connectivity index (χ0n) is 19.8. The maximum atomic E-state index is 12.5. The molecule has 1 amide bonds. The number of amides is 1. The number of nitrogens with one attached hydrogen (secondary N) is 1. The van der Waals surface area contributed by atoms with E-state index in [-0.39, 0.29) is 17.1 Å². The number of carbonyl (C=O) groups excluding carboxylic acids is 1. The monoisotopic (exact) mass is 547 g/mol. The fourth-order valence-electron chi connectivity index (χ4n) is 3.37. The second-order valence-corrected chi connectivity index (χ2v) is 10.8. The minimum Gasteiger partial charge on any atom is -0.272 e. The van der Waals surface area contributed by atoms with Crippen LogP contribution in [0.3, 0.4) is 0 Å². The molecule has 0 spiro atoms. The van der Waals surface area contributed by atoms with Crippen LogP contribution >= 0.6 is 27.7 Å². The molecule has 0 saturated heterocycles. The number of carbonyl (C=O) groups is 1. The lowest BCUT2D eigenvalue weighted by Crippen LogP contribution is -2.20. The molecule has 0 aliphatic heterocycles. The van der Waals surface area contributed by atoms with Crippen LogP contribution in [0, 0.1) is 0 Å². The maximum absolute atomic E-state index is 12.5. The Kier molecular flexibility index (Phi) is 7.83. The summed E-state index contributed by atoms with van der Waals surface area (Å²) in [5, 5.41) is 13.5. The van der Waals surface area contributed by atoms with Crippen LogP contribution in [0.25, 0.3) is 17.1 Å². The highest BCUT2D eigenvalue weighted by Crippen LogP contribution is 2.28. The molecule has 0 aliphatic carbocycles. The molecule has 6 nitrogen and oxygen atoms in total. The van der Waals surface area contributed by atoms with Crippen molar-refractivity contribution in [2.45, 2.75) is 31.3 Å². The van der Waals surface area contributed by atoms with E-state index in [2.05, 4.69) is 69.6 Å². The van der Waals surface area contributed by atoms with Gasteiger partial charge in [-0.25, -0.2) is 5.43 Å². The summed E-state index contributed by atoms with van der Waals surface area (Å²) in [6.45, 7) is 6.52. The Bertz CT molecular complexity index is 1310. The van der Waals surface area contributed by atoms with E-state index in [1.54, 1.807) is 6.21 Å². The number of halogens is 1. The van der Waals surface area contributed by atoms with Gasteiger partial charge in [-0.15, -0.1) is 10.2 Å².